The van der Waals surface area contributed by atoms with Gasteiger partial charge in [-0.1, -0.05) is 40.2 Å². The third-order valence-electron chi connectivity index (χ3n) is 12.6. The molecule has 5 aliphatic carbocycles. The van der Waals surface area contributed by atoms with Crippen LogP contribution in [0.4, 0.5) is 0 Å². The molecule has 0 saturated heterocycles. The van der Waals surface area contributed by atoms with Gasteiger partial charge in [0.2, 0.25) is 0 Å². The van der Waals surface area contributed by atoms with E-state index in [4.69, 9.17) is 0 Å². The van der Waals surface area contributed by atoms with Gasteiger partial charge in [0, 0.05) is 18.3 Å². The van der Waals surface area contributed by atoms with Gasteiger partial charge in [0.15, 0.2) is 5.78 Å². The Labute approximate surface area is 196 Å². The third-order valence-corrected chi connectivity index (χ3v) is 12.6. The van der Waals surface area contributed by atoms with Crippen LogP contribution in [0, 0.1) is 50.7 Å². The molecule has 0 bridgehead atoms. The summed E-state index contributed by atoms with van der Waals surface area (Å²) in [4.78, 5) is 25.4. The largest absolute Gasteiger partial charge is 0.299 e. The summed E-state index contributed by atoms with van der Waals surface area (Å²) in [7, 11) is 0. The fourth-order valence-electron chi connectivity index (χ4n) is 11.0. The Morgan fingerprint density at radius 1 is 0.938 bits per heavy atom. The summed E-state index contributed by atoms with van der Waals surface area (Å²) < 4.78 is 0. The van der Waals surface area contributed by atoms with Gasteiger partial charge < -0.3 is 0 Å². The lowest BCUT2D eigenvalue weighted by atomic mass is 9.42. The van der Waals surface area contributed by atoms with Crippen molar-refractivity contribution in [2.75, 3.05) is 0 Å². The first-order valence-corrected chi connectivity index (χ1v) is 13.6. The summed E-state index contributed by atoms with van der Waals surface area (Å²) in [6.45, 7) is 16.2. The Morgan fingerprint density at radius 2 is 1.59 bits per heavy atom. The van der Waals surface area contributed by atoms with E-state index >= 15 is 0 Å². The molecule has 0 aromatic rings. The second kappa shape index (κ2) is 6.82. The van der Waals surface area contributed by atoms with Crippen LogP contribution in [-0.2, 0) is 9.59 Å². The van der Waals surface area contributed by atoms with E-state index < -0.39 is 0 Å². The second-order valence-corrected chi connectivity index (χ2v) is 14.2. The number of ketones is 2. The molecule has 2 nitrogen and oxygen atoms in total. The van der Waals surface area contributed by atoms with Crippen LogP contribution in [0.5, 0.6) is 0 Å². The normalized spacial score (nSPS) is 49.2. The minimum Gasteiger partial charge on any atom is -0.299 e. The van der Waals surface area contributed by atoms with E-state index in [0.29, 0.717) is 57.4 Å². The molecule has 0 radical (unpaired) electrons. The molecule has 5 fully saturated rings. The van der Waals surface area contributed by atoms with Crippen LogP contribution in [-0.4, -0.2) is 11.6 Å². The summed E-state index contributed by atoms with van der Waals surface area (Å²) in [6, 6.07) is 0. The first-order valence-electron chi connectivity index (χ1n) is 13.6. The molecule has 0 aromatic heterocycles. The molecular weight excluding hydrogens is 392 g/mol. The maximum Gasteiger partial charge on any atom is 0.155 e. The van der Waals surface area contributed by atoms with E-state index in [-0.39, 0.29) is 5.41 Å². The number of carbonyl (C=O) groups excluding carboxylic acids is 2. The molecule has 5 saturated carbocycles. The first kappa shape index (κ1) is 22.9. The Balaban J connectivity index is 1.42. The molecule has 0 aromatic carbocycles. The minimum absolute atomic E-state index is 0.119. The van der Waals surface area contributed by atoms with Gasteiger partial charge in [-0.3, -0.25) is 9.59 Å². The van der Waals surface area contributed by atoms with E-state index in [0.717, 1.165) is 17.9 Å². The van der Waals surface area contributed by atoms with Crippen LogP contribution >= 0.6 is 0 Å². The van der Waals surface area contributed by atoms with E-state index in [1.54, 1.807) is 0 Å². The average molecular weight is 439 g/mol. The SMILES string of the molecule is CC(C)=CC(=O)CC(C)C1CCC2(C)C3CCC4C(C)(C)C(=O)CCC45CC35CCC12C. The highest BCUT2D eigenvalue weighted by atomic mass is 16.1. The second-order valence-electron chi connectivity index (χ2n) is 14.2. The van der Waals surface area contributed by atoms with Gasteiger partial charge in [0.1, 0.15) is 5.78 Å². The molecule has 2 spiro atoms. The number of carbonyl (C=O) groups is 2. The zero-order valence-corrected chi connectivity index (χ0v) is 21.8. The van der Waals surface area contributed by atoms with E-state index in [1.165, 1.54) is 51.4 Å². The standard InChI is InChI=1S/C30H46O2/c1-19(2)16-21(31)17-20(3)22-10-12-28(7)24-9-8-23-26(4,5)25(32)11-13-29(23)18-30(24,29)15-14-27(22,28)6/h16,20,22-24H,8-15,17-18H2,1-7H3. The number of rotatable bonds is 4. The highest BCUT2D eigenvalue weighted by molar-refractivity contribution is 5.90. The van der Waals surface area contributed by atoms with Crippen molar-refractivity contribution >= 4 is 11.6 Å². The van der Waals surface area contributed by atoms with E-state index in [1.807, 2.05) is 19.9 Å². The highest BCUT2D eigenvalue weighted by Crippen LogP contribution is 2.88. The lowest BCUT2D eigenvalue weighted by Crippen LogP contribution is -2.57. The average Bonchev–Trinajstić information content (AvgIpc) is 3.27. The maximum atomic E-state index is 12.8. The molecule has 8 atom stereocenters. The number of fused-ring (bicyclic) bond motifs is 2. The number of hydrogen-bond acceptors (Lipinski definition) is 2. The van der Waals surface area contributed by atoms with Crippen molar-refractivity contribution in [2.24, 2.45) is 50.7 Å². The molecule has 5 rings (SSSR count). The van der Waals surface area contributed by atoms with Gasteiger partial charge in [-0.25, -0.2) is 0 Å². The van der Waals surface area contributed by atoms with E-state index in [2.05, 4.69) is 34.6 Å². The predicted molar refractivity (Wildman–Crippen MR) is 130 cm³/mol. The van der Waals surface area contributed by atoms with E-state index in [9.17, 15) is 9.59 Å². The maximum absolute atomic E-state index is 12.8. The molecular formula is C30H46O2. The van der Waals surface area contributed by atoms with Gasteiger partial charge >= 0.3 is 0 Å². The minimum atomic E-state index is -0.119. The summed E-state index contributed by atoms with van der Waals surface area (Å²) in [6.07, 6.45) is 13.9. The molecule has 32 heavy (non-hydrogen) atoms. The first-order chi connectivity index (χ1) is 14.8. The highest BCUT2D eigenvalue weighted by Gasteiger charge is 2.82. The molecule has 8 unspecified atom stereocenters. The molecule has 178 valence electrons. The molecule has 0 aliphatic heterocycles. The van der Waals surface area contributed by atoms with Crippen molar-refractivity contribution in [3.05, 3.63) is 11.6 Å². The lowest BCUT2D eigenvalue weighted by Gasteiger charge is -2.62. The summed E-state index contributed by atoms with van der Waals surface area (Å²) in [5.41, 5.74) is 2.72. The molecule has 5 aliphatic rings. The third kappa shape index (κ3) is 2.65. The number of hydrogen-bond donors (Lipinski definition) is 0. The van der Waals surface area contributed by atoms with Crippen LogP contribution in [0.3, 0.4) is 0 Å². The molecule has 0 heterocycles. The van der Waals surface area contributed by atoms with Crippen LogP contribution in [0.25, 0.3) is 0 Å². The monoisotopic (exact) mass is 438 g/mol. The van der Waals surface area contributed by atoms with Crippen LogP contribution < -0.4 is 0 Å². The van der Waals surface area contributed by atoms with Gasteiger partial charge in [-0.15, -0.1) is 0 Å². The zero-order chi connectivity index (χ0) is 23.3. The fourth-order valence-corrected chi connectivity index (χ4v) is 11.0. The van der Waals surface area contributed by atoms with Crippen molar-refractivity contribution in [1.82, 2.24) is 0 Å². The van der Waals surface area contributed by atoms with Crippen molar-refractivity contribution in [1.29, 1.82) is 0 Å². The number of Topliss-reactive ketones (excluding diaryl/α,β-unsaturated/α-hetero) is 1. The van der Waals surface area contributed by atoms with Crippen LogP contribution in [0.15, 0.2) is 11.6 Å². The Bertz CT molecular complexity index is 877. The van der Waals surface area contributed by atoms with Crippen LogP contribution in [0.1, 0.15) is 113 Å². The Kier molecular flexibility index (Phi) is 4.87. The quantitative estimate of drug-likeness (QED) is 0.424. The van der Waals surface area contributed by atoms with Gasteiger partial charge in [-0.2, -0.15) is 0 Å². The van der Waals surface area contributed by atoms with Crippen molar-refractivity contribution < 1.29 is 9.59 Å². The van der Waals surface area contributed by atoms with Gasteiger partial charge in [0.05, 0.1) is 0 Å². The molecule has 2 heteroatoms. The topological polar surface area (TPSA) is 34.1 Å². The lowest BCUT2D eigenvalue weighted by molar-refractivity contribution is -0.157. The predicted octanol–water partition coefficient (Wildman–Crippen LogP) is 7.56. The fraction of sp³-hybridized carbons (Fsp3) is 0.867. The van der Waals surface area contributed by atoms with Gasteiger partial charge in [0.25, 0.3) is 0 Å². The summed E-state index contributed by atoms with van der Waals surface area (Å²) in [5.74, 6) is 3.40. The zero-order valence-electron chi connectivity index (χ0n) is 21.8. The van der Waals surface area contributed by atoms with Crippen molar-refractivity contribution in [2.45, 2.75) is 113 Å². The van der Waals surface area contributed by atoms with Crippen molar-refractivity contribution in [3.63, 3.8) is 0 Å². The smallest absolute Gasteiger partial charge is 0.155 e. The Hall–Kier alpha value is -0.920. The van der Waals surface area contributed by atoms with Crippen LogP contribution in [0.2, 0.25) is 0 Å². The number of allylic oxidation sites excluding steroid dienone is 2. The summed E-state index contributed by atoms with van der Waals surface area (Å²) >= 11 is 0. The summed E-state index contributed by atoms with van der Waals surface area (Å²) in [5, 5.41) is 0. The Morgan fingerprint density at radius 3 is 2.28 bits per heavy atom. The molecule has 0 N–H and O–H groups in total. The van der Waals surface area contributed by atoms with Crippen molar-refractivity contribution in [3.8, 4) is 0 Å². The van der Waals surface area contributed by atoms with Gasteiger partial charge in [-0.05, 0) is 117 Å². The molecule has 0 amide bonds.